The van der Waals surface area contributed by atoms with Gasteiger partial charge in [0.1, 0.15) is 5.54 Å². The fourth-order valence-electron chi connectivity index (χ4n) is 2.63. The Morgan fingerprint density at radius 2 is 1.90 bits per heavy atom. The molecule has 0 aromatic heterocycles. The highest BCUT2D eigenvalue weighted by Gasteiger charge is 2.66. The smallest absolute Gasteiger partial charge is 0.407 e. The molecule has 5 nitrogen and oxygen atoms in total. The maximum Gasteiger partial charge on any atom is 0.407 e. The summed E-state index contributed by atoms with van der Waals surface area (Å²) in [6.45, 7) is 0. The number of hydrogen-bond donors (Lipinski definition) is 1. The van der Waals surface area contributed by atoms with Crippen LogP contribution in [-0.4, -0.2) is 38.5 Å². The summed E-state index contributed by atoms with van der Waals surface area (Å²) in [5.41, 5.74) is -2.34. The van der Waals surface area contributed by atoms with E-state index < -0.39 is 38.9 Å². The van der Waals surface area contributed by atoms with Gasteiger partial charge >= 0.3 is 12.1 Å². The minimum Gasteiger partial charge on any atom is -0.469 e. The summed E-state index contributed by atoms with van der Waals surface area (Å²) in [4.78, 5) is 11.5. The second kappa shape index (κ2) is 4.87. The molecule has 2 aliphatic carbocycles. The number of esters is 1. The summed E-state index contributed by atoms with van der Waals surface area (Å²) in [7, 11) is -3.08. The van der Waals surface area contributed by atoms with Crippen LogP contribution in [0.5, 0.6) is 0 Å². The molecule has 2 fully saturated rings. The number of rotatable bonds is 4. The highest BCUT2D eigenvalue weighted by Crippen LogP contribution is 2.50. The molecule has 0 bridgehead atoms. The molecule has 116 valence electrons. The van der Waals surface area contributed by atoms with Gasteiger partial charge in [-0.05, 0) is 25.7 Å². The van der Waals surface area contributed by atoms with E-state index in [2.05, 4.69) is 4.74 Å². The molecule has 0 aromatic carbocycles. The van der Waals surface area contributed by atoms with Gasteiger partial charge in [-0.15, -0.1) is 0 Å². The van der Waals surface area contributed by atoms with Crippen molar-refractivity contribution in [1.29, 1.82) is 0 Å². The van der Waals surface area contributed by atoms with Gasteiger partial charge in [0.15, 0.2) is 0 Å². The molecule has 0 spiro atoms. The summed E-state index contributed by atoms with van der Waals surface area (Å²) in [6.07, 6.45) is -4.17. The number of carbonyl (C=O) groups is 1. The van der Waals surface area contributed by atoms with Crippen LogP contribution in [0, 0.1) is 5.92 Å². The molecular weight excluding hydrogens is 299 g/mol. The predicted molar refractivity (Wildman–Crippen MR) is 63.2 cm³/mol. The summed E-state index contributed by atoms with van der Waals surface area (Å²) in [6, 6.07) is 0. The van der Waals surface area contributed by atoms with E-state index in [1.54, 1.807) is 4.72 Å². The van der Waals surface area contributed by atoms with Gasteiger partial charge in [0, 0.05) is 0 Å². The quantitative estimate of drug-likeness (QED) is 0.795. The van der Waals surface area contributed by atoms with Crippen molar-refractivity contribution < 1.29 is 31.1 Å². The van der Waals surface area contributed by atoms with Crippen molar-refractivity contribution >= 4 is 16.0 Å². The Balaban J connectivity index is 2.17. The third-order valence-electron chi connectivity index (χ3n) is 3.99. The van der Waals surface area contributed by atoms with Crippen molar-refractivity contribution in [3.8, 4) is 0 Å². The number of alkyl halides is 3. The first-order chi connectivity index (χ1) is 9.13. The average molecular weight is 315 g/mol. The Hall–Kier alpha value is -0.830. The van der Waals surface area contributed by atoms with E-state index in [1.807, 2.05) is 0 Å². The lowest BCUT2D eigenvalue weighted by atomic mass is 10.1. The van der Waals surface area contributed by atoms with Gasteiger partial charge in [-0.3, -0.25) is 4.79 Å². The molecule has 2 unspecified atom stereocenters. The van der Waals surface area contributed by atoms with E-state index in [0.29, 0.717) is 12.8 Å². The Kier molecular flexibility index (Phi) is 3.79. The summed E-state index contributed by atoms with van der Waals surface area (Å²) in [5.74, 6) is -1.57. The van der Waals surface area contributed by atoms with E-state index in [4.69, 9.17) is 0 Å². The van der Waals surface area contributed by atoms with Crippen molar-refractivity contribution in [1.82, 2.24) is 4.72 Å². The SMILES string of the molecule is COC(=O)C1CCCC1S(=O)(=O)NC1(C(F)(F)F)CC1. The molecule has 1 N–H and O–H groups in total. The van der Waals surface area contributed by atoms with Crippen LogP contribution in [0.2, 0.25) is 0 Å². The Morgan fingerprint density at radius 1 is 1.30 bits per heavy atom. The molecule has 2 atom stereocenters. The molecule has 2 aliphatic rings. The highest BCUT2D eigenvalue weighted by molar-refractivity contribution is 7.90. The molecule has 0 saturated heterocycles. The zero-order chi connectivity index (χ0) is 15.2. The molecule has 20 heavy (non-hydrogen) atoms. The largest absolute Gasteiger partial charge is 0.469 e. The van der Waals surface area contributed by atoms with E-state index in [0.717, 1.165) is 7.11 Å². The topological polar surface area (TPSA) is 72.5 Å². The van der Waals surface area contributed by atoms with Crippen LogP contribution >= 0.6 is 0 Å². The first-order valence-electron chi connectivity index (χ1n) is 6.30. The molecule has 0 amide bonds. The maximum atomic E-state index is 12.8. The lowest BCUT2D eigenvalue weighted by Crippen LogP contribution is -2.51. The molecule has 9 heteroatoms. The number of carbonyl (C=O) groups excluding carboxylic acids is 1. The van der Waals surface area contributed by atoms with Crippen LogP contribution in [0.15, 0.2) is 0 Å². The third-order valence-corrected chi connectivity index (χ3v) is 6.02. The second-order valence-corrected chi connectivity index (χ2v) is 7.23. The average Bonchev–Trinajstić information content (AvgIpc) is 2.93. The van der Waals surface area contributed by atoms with Gasteiger partial charge in [0.2, 0.25) is 10.0 Å². The zero-order valence-electron chi connectivity index (χ0n) is 10.9. The lowest BCUT2D eigenvalue weighted by molar-refractivity contribution is -0.160. The van der Waals surface area contributed by atoms with Crippen LogP contribution < -0.4 is 4.72 Å². The summed E-state index contributed by atoms with van der Waals surface area (Å²) >= 11 is 0. The normalized spacial score (nSPS) is 29.2. The van der Waals surface area contributed by atoms with Crippen molar-refractivity contribution in [3.05, 3.63) is 0 Å². The number of ether oxygens (including phenoxy) is 1. The molecule has 0 aromatic rings. The minimum absolute atomic E-state index is 0.170. The van der Waals surface area contributed by atoms with E-state index in [-0.39, 0.29) is 19.3 Å². The van der Waals surface area contributed by atoms with Crippen LogP contribution in [0.4, 0.5) is 13.2 Å². The number of hydrogen-bond acceptors (Lipinski definition) is 4. The van der Waals surface area contributed by atoms with Crippen LogP contribution in [0.1, 0.15) is 32.1 Å². The fraction of sp³-hybridized carbons (Fsp3) is 0.909. The van der Waals surface area contributed by atoms with Crippen molar-refractivity contribution in [2.75, 3.05) is 7.11 Å². The number of nitrogens with one attached hydrogen (secondary N) is 1. The molecule has 2 rings (SSSR count). The van der Waals surface area contributed by atoms with E-state index in [9.17, 15) is 26.4 Å². The molecule has 2 saturated carbocycles. The van der Waals surface area contributed by atoms with Gasteiger partial charge < -0.3 is 4.74 Å². The number of sulfonamides is 1. The Morgan fingerprint density at radius 3 is 2.35 bits per heavy atom. The van der Waals surface area contributed by atoms with Crippen LogP contribution in [0.25, 0.3) is 0 Å². The van der Waals surface area contributed by atoms with Gasteiger partial charge in [-0.2, -0.15) is 17.9 Å². The van der Waals surface area contributed by atoms with E-state index >= 15 is 0 Å². The number of halogens is 3. The summed E-state index contributed by atoms with van der Waals surface area (Å²) in [5, 5.41) is -1.14. The Labute approximate surface area is 114 Å². The minimum atomic E-state index is -4.61. The number of methoxy groups -OCH3 is 1. The van der Waals surface area contributed by atoms with Crippen LogP contribution in [-0.2, 0) is 19.6 Å². The van der Waals surface area contributed by atoms with Crippen molar-refractivity contribution in [2.24, 2.45) is 5.92 Å². The lowest BCUT2D eigenvalue weighted by Gasteiger charge is -2.25. The molecule has 0 heterocycles. The second-order valence-electron chi connectivity index (χ2n) is 5.33. The maximum absolute atomic E-state index is 12.8. The first kappa shape index (κ1) is 15.6. The summed E-state index contributed by atoms with van der Waals surface area (Å²) < 4.78 is 69.0. The van der Waals surface area contributed by atoms with Gasteiger partial charge in [0.05, 0.1) is 18.3 Å². The van der Waals surface area contributed by atoms with Crippen LogP contribution in [0.3, 0.4) is 0 Å². The van der Waals surface area contributed by atoms with Gasteiger partial charge in [0.25, 0.3) is 0 Å². The Bertz CT molecular complexity index is 498. The zero-order valence-corrected chi connectivity index (χ0v) is 11.7. The predicted octanol–water partition coefficient (Wildman–Crippen LogP) is 1.34. The monoisotopic (exact) mass is 315 g/mol. The standard InChI is InChI=1S/C11H16F3NO4S/c1-19-9(16)7-3-2-4-8(7)20(17,18)15-10(5-6-10)11(12,13)14/h7-8,15H,2-6H2,1H3. The molecule has 0 aliphatic heterocycles. The third kappa shape index (κ3) is 2.65. The molecule has 0 radical (unpaired) electrons. The first-order valence-corrected chi connectivity index (χ1v) is 7.85. The van der Waals surface area contributed by atoms with Crippen molar-refractivity contribution in [3.63, 3.8) is 0 Å². The highest BCUT2D eigenvalue weighted by atomic mass is 32.2. The van der Waals surface area contributed by atoms with E-state index in [1.165, 1.54) is 0 Å². The fourth-order valence-corrected chi connectivity index (χ4v) is 4.81. The van der Waals surface area contributed by atoms with Crippen molar-refractivity contribution in [2.45, 2.75) is 49.1 Å². The molecular formula is C11H16F3NO4S. The van der Waals surface area contributed by atoms with Gasteiger partial charge in [-0.1, -0.05) is 6.42 Å². The van der Waals surface area contributed by atoms with Gasteiger partial charge in [-0.25, -0.2) is 8.42 Å².